The Kier molecular flexibility index (Phi) is 4.33. The lowest BCUT2D eigenvalue weighted by Crippen LogP contribution is -2.67. The van der Waals surface area contributed by atoms with Crippen molar-refractivity contribution in [2.45, 2.75) is 56.7 Å². The standard InChI is InChI=1S/C14H23N3O2S/c1-10(19-13(2,3)4)5-12(18)17-8-14(9-17)16-11(6-15)7-20-14/h10-11,16H,5,7-9H2,1-4H3/t10-,11-/m1/s1. The number of amides is 1. The highest BCUT2D eigenvalue weighted by Crippen LogP contribution is 2.38. The van der Waals surface area contributed by atoms with E-state index in [1.807, 2.05) is 32.6 Å². The fraction of sp³-hybridized carbons (Fsp3) is 0.857. The number of likely N-dealkylation sites (tertiary alicyclic amines) is 1. The van der Waals surface area contributed by atoms with Gasteiger partial charge in [0.25, 0.3) is 0 Å². The van der Waals surface area contributed by atoms with Crippen LogP contribution >= 0.6 is 11.8 Å². The number of thioether (sulfide) groups is 1. The first-order chi connectivity index (χ1) is 9.23. The minimum atomic E-state index is -0.223. The Bertz CT molecular complexity index is 421. The van der Waals surface area contributed by atoms with Crippen molar-refractivity contribution < 1.29 is 9.53 Å². The van der Waals surface area contributed by atoms with Gasteiger partial charge in [-0.25, -0.2) is 0 Å². The van der Waals surface area contributed by atoms with E-state index in [9.17, 15) is 4.79 Å². The lowest BCUT2D eigenvalue weighted by Gasteiger charge is -2.47. The zero-order valence-corrected chi connectivity index (χ0v) is 13.4. The van der Waals surface area contributed by atoms with Gasteiger partial charge in [-0.05, 0) is 27.7 Å². The second-order valence-electron chi connectivity index (χ2n) is 6.63. The number of nitrogens with zero attached hydrogens (tertiary/aromatic N) is 2. The zero-order valence-electron chi connectivity index (χ0n) is 12.6. The molecule has 6 heteroatoms. The quantitative estimate of drug-likeness (QED) is 0.852. The minimum Gasteiger partial charge on any atom is -0.372 e. The van der Waals surface area contributed by atoms with Crippen LogP contribution in [0.25, 0.3) is 0 Å². The second-order valence-corrected chi connectivity index (χ2v) is 8.03. The van der Waals surface area contributed by atoms with E-state index in [1.165, 1.54) is 0 Å². The summed E-state index contributed by atoms with van der Waals surface area (Å²) in [5, 5.41) is 12.2. The summed E-state index contributed by atoms with van der Waals surface area (Å²) in [7, 11) is 0. The minimum absolute atomic E-state index is 0.0740. The highest BCUT2D eigenvalue weighted by atomic mass is 32.2. The molecule has 2 aliphatic rings. The molecule has 0 aliphatic carbocycles. The molecule has 0 aromatic heterocycles. The van der Waals surface area contributed by atoms with Gasteiger partial charge >= 0.3 is 0 Å². The van der Waals surface area contributed by atoms with Gasteiger partial charge in [-0.1, -0.05) is 0 Å². The summed E-state index contributed by atoms with van der Waals surface area (Å²) in [6.07, 6.45) is 0.342. The van der Waals surface area contributed by atoms with Crippen LogP contribution in [0.4, 0.5) is 0 Å². The maximum Gasteiger partial charge on any atom is 0.225 e. The van der Waals surface area contributed by atoms with Crippen molar-refractivity contribution in [1.29, 1.82) is 5.26 Å². The molecule has 0 aromatic rings. The van der Waals surface area contributed by atoms with Crippen molar-refractivity contribution in [2.75, 3.05) is 18.8 Å². The maximum absolute atomic E-state index is 12.2. The van der Waals surface area contributed by atoms with E-state index in [0.717, 1.165) is 5.75 Å². The first-order valence-corrected chi connectivity index (χ1v) is 7.98. The van der Waals surface area contributed by atoms with E-state index < -0.39 is 0 Å². The van der Waals surface area contributed by atoms with Crippen molar-refractivity contribution >= 4 is 17.7 Å². The molecule has 5 nitrogen and oxygen atoms in total. The van der Waals surface area contributed by atoms with E-state index >= 15 is 0 Å². The molecule has 0 aromatic carbocycles. The van der Waals surface area contributed by atoms with Crippen molar-refractivity contribution in [3.05, 3.63) is 0 Å². The SMILES string of the molecule is C[C@H](CC(=O)N1CC2(C1)N[C@H](C#N)CS2)OC(C)(C)C. The summed E-state index contributed by atoms with van der Waals surface area (Å²) >= 11 is 1.76. The van der Waals surface area contributed by atoms with E-state index in [1.54, 1.807) is 11.8 Å². The number of hydrogen-bond donors (Lipinski definition) is 1. The Balaban J connectivity index is 1.76. The Morgan fingerprint density at radius 3 is 2.75 bits per heavy atom. The van der Waals surface area contributed by atoms with E-state index in [-0.39, 0.29) is 28.5 Å². The van der Waals surface area contributed by atoms with Crippen molar-refractivity contribution in [3.8, 4) is 6.07 Å². The molecule has 2 atom stereocenters. The molecule has 2 heterocycles. The zero-order chi connectivity index (χ0) is 15.0. The largest absolute Gasteiger partial charge is 0.372 e. The molecule has 1 amide bonds. The number of hydrogen-bond acceptors (Lipinski definition) is 5. The number of carbonyl (C=O) groups excluding carboxylic acids is 1. The topological polar surface area (TPSA) is 65.4 Å². The third kappa shape index (κ3) is 3.66. The van der Waals surface area contributed by atoms with Gasteiger partial charge in [0, 0.05) is 5.75 Å². The van der Waals surface area contributed by atoms with Crippen LogP contribution in [0.1, 0.15) is 34.1 Å². The molecular weight excluding hydrogens is 274 g/mol. The average molecular weight is 297 g/mol. The molecule has 2 rings (SSSR count). The molecule has 112 valence electrons. The first-order valence-electron chi connectivity index (χ1n) is 7.00. The maximum atomic E-state index is 12.2. The number of nitrogens with one attached hydrogen (secondary N) is 1. The lowest BCUT2D eigenvalue weighted by molar-refractivity contribution is -0.142. The molecule has 20 heavy (non-hydrogen) atoms. The van der Waals surface area contributed by atoms with Crippen LogP contribution in [0.3, 0.4) is 0 Å². The summed E-state index contributed by atoms with van der Waals surface area (Å²) in [6.45, 7) is 9.30. The van der Waals surface area contributed by atoms with Crippen molar-refractivity contribution in [2.24, 2.45) is 0 Å². The fourth-order valence-electron chi connectivity index (χ4n) is 2.66. The highest BCUT2D eigenvalue weighted by Gasteiger charge is 2.50. The van der Waals surface area contributed by atoms with E-state index in [4.69, 9.17) is 10.00 Å². The molecule has 2 aliphatic heterocycles. The van der Waals surface area contributed by atoms with Gasteiger partial charge in [-0.2, -0.15) is 5.26 Å². The summed E-state index contributed by atoms with van der Waals surface area (Å²) in [4.78, 5) is 13.9. The van der Waals surface area contributed by atoms with Crippen LogP contribution in [0.5, 0.6) is 0 Å². The molecule has 0 radical (unpaired) electrons. The molecule has 2 saturated heterocycles. The Labute approximate surface area is 125 Å². The number of ether oxygens (including phenoxy) is 1. The number of rotatable bonds is 3. The second kappa shape index (κ2) is 5.55. The highest BCUT2D eigenvalue weighted by molar-refractivity contribution is 8.01. The van der Waals surface area contributed by atoms with Crippen molar-refractivity contribution in [1.82, 2.24) is 10.2 Å². The van der Waals surface area contributed by atoms with Crippen LogP contribution in [0, 0.1) is 11.3 Å². The van der Waals surface area contributed by atoms with Crippen LogP contribution in [-0.4, -0.2) is 52.3 Å². The van der Waals surface area contributed by atoms with Gasteiger partial charge in [0.15, 0.2) is 0 Å². The third-order valence-corrected chi connectivity index (χ3v) is 4.81. The summed E-state index contributed by atoms with van der Waals surface area (Å²) in [6, 6.07) is 2.15. The molecule has 1 spiro atoms. The summed E-state index contributed by atoms with van der Waals surface area (Å²) in [5.74, 6) is 0.942. The van der Waals surface area contributed by atoms with E-state index in [2.05, 4.69) is 11.4 Å². The Hall–Kier alpha value is -0.770. The van der Waals surface area contributed by atoms with Crippen LogP contribution in [0.15, 0.2) is 0 Å². The molecule has 0 saturated carbocycles. The third-order valence-electron chi connectivity index (χ3n) is 3.38. The van der Waals surface area contributed by atoms with Gasteiger partial charge in [0.05, 0.1) is 37.3 Å². The molecule has 0 bridgehead atoms. The average Bonchev–Trinajstić information content (AvgIpc) is 2.68. The van der Waals surface area contributed by atoms with Gasteiger partial charge in [0.1, 0.15) is 10.9 Å². The monoisotopic (exact) mass is 297 g/mol. The molecular formula is C14H23N3O2S. The summed E-state index contributed by atoms with van der Waals surface area (Å²) in [5.41, 5.74) is -0.223. The molecule has 2 fully saturated rings. The van der Waals surface area contributed by atoms with Gasteiger partial charge in [-0.15, -0.1) is 11.8 Å². The molecule has 0 unspecified atom stereocenters. The normalized spacial score (nSPS) is 26.1. The predicted molar refractivity (Wildman–Crippen MR) is 79.2 cm³/mol. The Morgan fingerprint density at radius 1 is 1.60 bits per heavy atom. The number of nitriles is 1. The fourth-order valence-corrected chi connectivity index (χ4v) is 4.03. The molecule has 1 N–H and O–H groups in total. The van der Waals surface area contributed by atoms with Crippen LogP contribution in [0.2, 0.25) is 0 Å². The number of carbonyl (C=O) groups is 1. The van der Waals surface area contributed by atoms with Crippen molar-refractivity contribution in [3.63, 3.8) is 0 Å². The van der Waals surface area contributed by atoms with Gasteiger partial charge in [-0.3, -0.25) is 10.1 Å². The van der Waals surface area contributed by atoms with Crippen LogP contribution < -0.4 is 5.32 Å². The van der Waals surface area contributed by atoms with Crippen LogP contribution in [-0.2, 0) is 9.53 Å². The van der Waals surface area contributed by atoms with Gasteiger partial charge in [0.2, 0.25) is 5.91 Å². The van der Waals surface area contributed by atoms with Gasteiger partial charge < -0.3 is 9.64 Å². The summed E-state index contributed by atoms with van der Waals surface area (Å²) < 4.78 is 5.77. The Morgan fingerprint density at radius 2 is 2.25 bits per heavy atom. The predicted octanol–water partition coefficient (Wildman–Crippen LogP) is 1.35. The first kappa shape index (κ1) is 15.6. The lowest BCUT2D eigenvalue weighted by atomic mass is 10.1. The smallest absolute Gasteiger partial charge is 0.225 e. The van der Waals surface area contributed by atoms with E-state index in [0.29, 0.717) is 19.5 Å².